The first kappa shape index (κ1) is 17.3. The largest absolute Gasteiger partial charge is 0.481 e. The van der Waals surface area contributed by atoms with Crippen molar-refractivity contribution in [3.8, 4) is 0 Å². The molecule has 2 unspecified atom stereocenters. The van der Waals surface area contributed by atoms with E-state index in [1.54, 1.807) is 30.2 Å². The maximum absolute atomic E-state index is 12.5. The van der Waals surface area contributed by atoms with Crippen LogP contribution in [0.1, 0.15) is 23.7 Å². The van der Waals surface area contributed by atoms with Crippen molar-refractivity contribution >= 4 is 29.3 Å². The van der Waals surface area contributed by atoms with Gasteiger partial charge in [0, 0.05) is 24.7 Å². The fraction of sp³-hybridized carbons (Fsp3) is 0.467. The van der Waals surface area contributed by atoms with Gasteiger partial charge in [0.2, 0.25) is 0 Å². The van der Waals surface area contributed by atoms with E-state index >= 15 is 0 Å². The van der Waals surface area contributed by atoms with Crippen molar-refractivity contribution in [3.63, 3.8) is 0 Å². The van der Waals surface area contributed by atoms with Gasteiger partial charge in [0.05, 0.1) is 15.7 Å². The fourth-order valence-corrected chi connectivity index (χ4v) is 3.39. The molecule has 1 aliphatic heterocycles. The van der Waals surface area contributed by atoms with Gasteiger partial charge in [-0.2, -0.15) is 0 Å². The highest BCUT2D eigenvalue weighted by Crippen LogP contribution is 2.30. The number of carbonyl (C=O) groups is 2. The molecule has 1 aliphatic rings. The molecule has 0 aromatic heterocycles. The standard InChI is InChI=1S/C15H18N2O5S/c1-9-8-16(6-5-11(9)15(19)20)14(18)10-3-4-13(23-2)12(7-10)17(21)22/h3-4,7,9,11H,5-6,8H2,1-2H3,(H,19,20). The molecule has 1 amide bonds. The quantitative estimate of drug-likeness (QED) is 0.514. The van der Waals surface area contributed by atoms with Gasteiger partial charge in [-0.15, -0.1) is 11.8 Å². The molecule has 8 heteroatoms. The number of nitrogens with zero attached hydrogens (tertiary/aromatic N) is 2. The number of piperidine rings is 1. The number of carbonyl (C=O) groups excluding carboxylic acids is 1. The van der Waals surface area contributed by atoms with Crippen molar-refractivity contribution in [1.29, 1.82) is 0 Å². The van der Waals surface area contributed by atoms with E-state index in [0.717, 1.165) is 0 Å². The van der Waals surface area contributed by atoms with Crippen LogP contribution in [-0.2, 0) is 4.79 Å². The minimum atomic E-state index is -0.843. The number of thioether (sulfide) groups is 1. The fourth-order valence-electron chi connectivity index (χ4n) is 2.85. The summed E-state index contributed by atoms with van der Waals surface area (Å²) in [6, 6.07) is 4.45. The molecular formula is C15H18N2O5S. The Morgan fingerprint density at radius 3 is 2.65 bits per heavy atom. The summed E-state index contributed by atoms with van der Waals surface area (Å²) in [5, 5.41) is 20.2. The van der Waals surface area contributed by atoms with Gasteiger partial charge in [-0.3, -0.25) is 19.7 Å². The first-order valence-corrected chi connectivity index (χ1v) is 8.42. The molecule has 7 nitrogen and oxygen atoms in total. The van der Waals surface area contributed by atoms with Crippen LogP contribution < -0.4 is 0 Å². The number of hydrogen-bond donors (Lipinski definition) is 1. The summed E-state index contributed by atoms with van der Waals surface area (Å²) in [5.74, 6) is -1.74. The molecule has 0 aliphatic carbocycles. The molecule has 1 aromatic carbocycles. The number of hydrogen-bond acceptors (Lipinski definition) is 5. The van der Waals surface area contributed by atoms with Crippen LogP contribution in [0.4, 0.5) is 5.69 Å². The number of rotatable bonds is 4. The molecule has 2 atom stereocenters. The van der Waals surface area contributed by atoms with Gasteiger partial charge in [0.25, 0.3) is 11.6 Å². The van der Waals surface area contributed by atoms with Crippen molar-refractivity contribution in [1.82, 2.24) is 4.90 Å². The number of carboxylic acid groups (broad SMARTS) is 1. The lowest BCUT2D eigenvalue weighted by Gasteiger charge is -2.35. The van der Waals surface area contributed by atoms with E-state index in [9.17, 15) is 19.7 Å². The summed E-state index contributed by atoms with van der Waals surface area (Å²) in [6.45, 7) is 2.49. The Kier molecular flexibility index (Phi) is 5.25. The Hall–Kier alpha value is -2.09. The third kappa shape index (κ3) is 3.64. The Balaban J connectivity index is 2.20. The predicted octanol–water partition coefficient (Wildman–Crippen LogP) is 2.50. The summed E-state index contributed by atoms with van der Waals surface area (Å²) in [7, 11) is 0. The van der Waals surface area contributed by atoms with Crippen LogP contribution in [-0.4, -0.2) is 46.2 Å². The van der Waals surface area contributed by atoms with Crippen molar-refractivity contribution in [2.45, 2.75) is 18.2 Å². The van der Waals surface area contributed by atoms with Gasteiger partial charge in [-0.25, -0.2) is 0 Å². The monoisotopic (exact) mass is 338 g/mol. The van der Waals surface area contributed by atoms with E-state index in [4.69, 9.17) is 5.11 Å². The molecule has 1 fully saturated rings. The molecule has 124 valence electrons. The summed E-state index contributed by atoms with van der Waals surface area (Å²) in [6.07, 6.45) is 2.13. The van der Waals surface area contributed by atoms with E-state index in [1.165, 1.54) is 17.8 Å². The smallest absolute Gasteiger partial charge is 0.306 e. The zero-order chi connectivity index (χ0) is 17.1. The molecule has 0 radical (unpaired) electrons. The van der Waals surface area contributed by atoms with Crippen LogP contribution in [0.3, 0.4) is 0 Å². The lowest BCUT2D eigenvalue weighted by Crippen LogP contribution is -2.45. The van der Waals surface area contributed by atoms with E-state index in [0.29, 0.717) is 24.4 Å². The number of amides is 1. The van der Waals surface area contributed by atoms with Crippen LogP contribution in [0.5, 0.6) is 0 Å². The number of nitro benzene ring substituents is 1. The van der Waals surface area contributed by atoms with Crippen molar-refractivity contribution in [2.75, 3.05) is 19.3 Å². The van der Waals surface area contributed by atoms with Crippen LogP contribution in [0.15, 0.2) is 23.1 Å². The second kappa shape index (κ2) is 6.99. The number of carboxylic acids is 1. The van der Waals surface area contributed by atoms with Gasteiger partial charge in [0.1, 0.15) is 0 Å². The van der Waals surface area contributed by atoms with Crippen LogP contribution in [0.25, 0.3) is 0 Å². The second-order valence-electron chi connectivity index (χ2n) is 5.61. The second-order valence-corrected chi connectivity index (χ2v) is 6.45. The molecule has 0 spiro atoms. The lowest BCUT2D eigenvalue weighted by molar-refractivity contribution is -0.387. The number of likely N-dealkylation sites (tertiary alicyclic amines) is 1. The predicted molar refractivity (Wildman–Crippen MR) is 85.7 cm³/mol. The first-order valence-electron chi connectivity index (χ1n) is 7.19. The van der Waals surface area contributed by atoms with Crippen molar-refractivity contribution < 1.29 is 19.6 Å². The maximum Gasteiger partial charge on any atom is 0.306 e. The van der Waals surface area contributed by atoms with Gasteiger partial charge in [-0.1, -0.05) is 6.92 Å². The Bertz CT molecular complexity index is 649. The summed E-state index contributed by atoms with van der Waals surface area (Å²) < 4.78 is 0. The van der Waals surface area contributed by atoms with Gasteiger partial charge < -0.3 is 10.0 Å². The van der Waals surface area contributed by atoms with E-state index in [1.807, 2.05) is 0 Å². The zero-order valence-electron chi connectivity index (χ0n) is 12.9. The van der Waals surface area contributed by atoms with Crippen LogP contribution in [0.2, 0.25) is 0 Å². The molecule has 1 N–H and O–H groups in total. The first-order chi connectivity index (χ1) is 10.8. The topological polar surface area (TPSA) is 101 Å². The van der Waals surface area contributed by atoms with Gasteiger partial charge >= 0.3 is 5.97 Å². The summed E-state index contributed by atoms with van der Waals surface area (Å²) in [4.78, 5) is 36.3. The highest BCUT2D eigenvalue weighted by Gasteiger charge is 2.33. The number of benzene rings is 1. The van der Waals surface area contributed by atoms with Gasteiger partial charge in [0.15, 0.2) is 0 Å². The van der Waals surface area contributed by atoms with Crippen molar-refractivity contribution in [3.05, 3.63) is 33.9 Å². The van der Waals surface area contributed by atoms with Crippen molar-refractivity contribution in [2.24, 2.45) is 11.8 Å². The highest BCUT2D eigenvalue weighted by atomic mass is 32.2. The van der Waals surface area contributed by atoms with E-state index < -0.39 is 16.8 Å². The molecule has 23 heavy (non-hydrogen) atoms. The summed E-state index contributed by atoms with van der Waals surface area (Å²) >= 11 is 1.25. The molecule has 2 rings (SSSR count). The lowest BCUT2D eigenvalue weighted by atomic mass is 9.87. The third-order valence-corrected chi connectivity index (χ3v) is 4.92. The highest BCUT2D eigenvalue weighted by molar-refractivity contribution is 7.98. The van der Waals surface area contributed by atoms with E-state index in [2.05, 4.69) is 0 Å². The van der Waals surface area contributed by atoms with Gasteiger partial charge in [-0.05, 0) is 30.7 Å². The normalized spacial score (nSPS) is 21.0. The molecule has 1 saturated heterocycles. The van der Waals surface area contributed by atoms with Crippen LogP contribution >= 0.6 is 11.8 Å². The Morgan fingerprint density at radius 2 is 2.13 bits per heavy atom. The number of nitro groups is 1. The van der Waals surface area contributed by atoms with E-state index in [-0.39, 0.29) is 23.1 Å². The molecule has 1 heterocycles. The minimum absolute atomic E-state index is 0.0863. The average molecular weight is 338 g/mol. The summed E-state index contributed by atoms with van der Waals surface area (Å²) in [5.41, 5.74) is 0.173. The maximum atomic E-state index is 12.5. The number of aliphatic carboxylic acids is 1. The Morgan fingerprint density at radius 1 is 1.43 bits per heavy atom. The molecule has 0 bridgehead atoms. The molecule has 0 saturated carbocycles. The molecular weight excluding hydrogens is 320 g/mol. The molecule has 1 aromatic rings. The average Bonchev–Trinajstić information content (AvgIpc) is 2.52. The minimum Gasteiger partial charge on any atom is -0.481 e. The zero-order valence-corrected chi connectivity index (χ0v) is 13.7. The van der Waals surface area contributed by atoms with Crippen LogP contribution in [0, 0.1) is 22.0 Å². The Labute approximate surface area is 137 Å². The third-order valence-electron chi connectivity index (χ3n) is 4.13. The SMILES string of the molecule is CSc1ccc(C(=O)N2CCC(C(=O)O)C(C)C2)cc1[N+](=O)[O-].